The lowest BCUT2D eigenvalue weighted by atomic mass is 9.94. The summed E-state index contributed by atoms with van der Waals surface area (Å²) < 4.78 is 6.09. The molecule has 1 N–H and O–H groups in total. The zero-order valence-electron chi connectivity index (χ0n) is 12.2. The van der Waals surface area contributed by atoms with Crippen LogP contribution in [0.4, 0.5) is 0 Å². The van der Waals surface area contributed by atoms with Gasteiger partial charge in [0.1, 0.15) is 17.1 Å². The number of aromatic hydroxyl groups is 1. The maximum absolute atomic E-state index is 9.92. The van der Waals surface area contributed by atoms with Crippen LogP contribution in [0.2, 0.25) is 0 Å². The number of allylic oxidation sites excluding steroid dienone is 2. The fourth-order valence-corrected chi connectivity index (χ4v) is 2.32. The largest absolute Gasteiger partial charge is 0.507 e. The van der Waals surface area contributed by atoms with Crippen LogP contribution in [-0.4, -0.2) is 10.7 Å². The van der Waals surface area contributed by atoms with Gasteiger partial charge in [-0.1, -0.05) is 11.6 Å². The van der Waals surface area contributed by atoms with Crippen molar-refractivity contribution in [3.05, 3.63) is 41.0 Å². The summed E-state index contributed by atoms with van der Waals surface area (Å²) in [4.78, 5) is 0. The summed E-state index contributed by atoms with van der Waals surface area (Å²) in [5, 5.41) is 9.92. The number of ether oxygens (including phenoxy) is 1. The van der Waals surface area contributed by atoms with Gasteiger partial charge in [-0.15, -0.1) is 0 Å². The highest BCUT2D eigenvalue weighted by Gasteiger charge is 2.27. The molecule has 0 amide bonds. The van der Waals surface area contributed by atoms with Gasteiger partial charge in [-0.2, -0.15) is 0 Å². The molecule has 1 atom stereocenters. The van der Waals surface area contributed by atoms with Gasteiger partial charge in [0.15, 0.2) is 0 Å². The van der Waals surface area contributed by atoms with E-state index in [2.05, 4.69) is 26.8 Å². The van der Waals surface area contributed by atoms with Crippen LogP contribution in [0.15, 0.2) is 29.9 Å². The predicted molar refractivity (Wildman–Crippen MR) is 79.6 cm³/mol. The molecule has 2 rings (SSSR count). The molecule has 0 saturated carbocycles. The highest BCUT2D eigenvalue weighted by molar-refractivity contribution is 5.67. The van der Waals surface area contributed by atoms with E-state index >= 15 is 0 Å². The highest BCUT2D eigenvalue weighted by Crippen LogP contribution is 2.38. The molecule has 2 nitrogen and oxygen atoms in total. The van der Waals surface area contributed by atoms with Gasteiger partial charge in [-0.05, 0) is 70.4 Å². The zero-order chi connectivity index (χ0) is 14.0. The minimum absolute atomic E-state index is 0.289. The molecule has 0 radical (unpaired) electrons. The lowest BCUT2D eigenvalue weighted by Gasteiger charge is -2.32. The van der Waals surface area contributed by atoms with Gasteiger partial charge in [0.25, 0.3) is 0 Å². The second-order valence-corrected chi connectivity index (χ2v) is 5.76. The standard InChI is InChI=1S/C17H22O2/c1-12(2)6-5-8-17(4)9-7-14-15(18)10-13(3)11-16(14)19-17/h6-7,9-11,18H,5,8H2,1-4H3/t17-/m1/s1. The van der Waals surface area contributed by atoms with Crippen LogP contribution < -0.4 is 4.74 Å². The first-order valence-electron chi connectivity index (χ1n) is 6.75. The van der Waals surface area contributed by atoms with Crippen LogP contribution in [0.5, 0.6) is 11.5 Å². The third-order valence-corrected chi connectivity index (χ3v) is 3.40. The first kappa shape index (κ1) is 13.7. The molecule has 1 aliphatic heterocycles. The van der Waals surface area contributed by atoms with Crippen molar-refractivity contribution in [1.82, 2.24) is 0 Å². The lowest BCUT2D eigenvalue weighted by molar-refractivity contribution is 0.128. The molecule has 0 aliphatic carbocycles. The van der Waals surface area contributed by atoms with Crippen molar-refractivity contribution in [3.8, 4) is 11.5 Å². The summed E-state index contributed by atoms with van der Waals surface area (Å²) in [6.07, 6.45) is 8.17. The van der Waals surface area contributed by atoms with E-state index in [1.807, 2.05) is 25.1 Å². The van der Waals surface area contributed by atoms with Gasteiger partial charge in [0, 0.05) is 0 Å². The smallest absolute Gasteiger partial charge is 0.131 e. The molecule has 0 saturated heterocycles. The number of rotatable bonds is 3. The van der Waals surface area contributed by atoms with Gasteiger partial charge in [0.05, 0.1) is 5.56 Å². The first-order valence-corrected chi connectivity index (χ1v) is 6.75. The van der Waals surface area contributed by atoms with Crippen LogP contribution in [0.25, 0.3) is 6.08 Å². The van der Waals surface area contributed by atoms with E-state index < -0.39 is 0 Å². The Balaban J connectivity index is 2.20. The Hall–Kier alpha value is -1.70. The Morgan fingerprint density at radius 2 is 2.11 bits per heavy atom. The first-order chi connectivity index (χ1) is 8.89. The zero-order valence-corrected chi connectivity index (χ0v) is 12.2. The van der Waals surface area contributed by atoms with Crippen LogP contribution in [-0.2, 0) is 0 Å². The predicted octanol–water partition coefficient (Wildman–Crippen LogP) is 4.61. The highest BCUT2D eigenvalue weighted by atomic mass is 16.5. The van der Waals surface area contributed by atoms with E-state index in [0.29, 0.717) is 0 Å². The van der Waals surface area contributed by atoms with Crippen molar-refractivity contribution in [2.24, 2.45) is 0 Å². The van der Waals surface area contributed by atoms with E-state index in [1.165, 1.54) is 5.57 Å². The van der Waals surface area contributed by atoms with Crippen molar-refractivity contribution in [1.29, 1.82) is 0 Å². The second-order valence-electron chi connectivity index (χ2n) is 5.76. The summed E-state index contributed by atoms with van der Waals surface area (Å²) in [6.45, 7) is 8.26. The number of benzene rings is 1. The van der Waals surface area contributed by atoms with Gasteiger partial charge in [-0.25, -0.2) is 0 Å². The monoisotopic (exact) mass is 258 g/mol. The Morgan fingerprint density at radius 1 is 1.37 bits per heavy atom. The van der Waals surface area contributed by atoms with E-state index in [1.54, 1.807) is 6.07 Å². The Labute approximate surface area is 115 Å². The molecule has 2 heteroatoms. The van der Waals surface area contributed by atoms with Crippen molar-refractivity contribution >= 4 is 6.08 Å². The fraction of sp³-hybridized carbons (Fsp3) is 0.412. The molecule has 0 spiro atoms. The number of phenolic OH excluding ortho intramolecular Hbond substituents is 1. The Morgan fingerprint density at radius 3 is 2.79 bits per heavy atom. The third kappa shape index (κ3) is 3.19. The van der Waals surface area contributed by atoms with Crippen molar-refractivity contribution in [2.45, 2.75) is 46.1 Å². The third-order valence-electron chi connectivity index (χ3n) is 3.40. The molecule has 19 heavy (non-hydrogen) atoms. The summed E-state index contributed by atoms with van der Waals surface area (Å²) in [7, 11) is 0. The second kappa shape index (κ2) is 5.12. The molecule has 1 heterocycles. The maximum Gasteiger partial charge on any atom is 0.131 e. The average molecular weight is 258 g/mol. The van der Waals surface area contributed by atoms with E-state index in [-0.39, 0.29) is 11.4 Å². The molecule has 0 aromatic heterocycles. The van der Waals surface area contributed by atoms with Crippen LogP contribution in [0.1, 0.15) is 44.7 Å². The van der Waals surface area contributed by atoms with E-state index in [4.69, 9.17) is 4.74 Å². The van der Waals surface area contributed by atoms with Gasteiger partial charge in [0.2, 0.25) is 0 Å². The molecular formula is C17H22O2. The van der Waals surface area contributed by atoms with Gasteiger partial charge < -0.3 is 9.84 Å². The van der Waals surface area contributed by atoms with E-state index in [9.17, 15) is 5.11 Å². The lowest BCUT2D eigenvalue weighted by Crippen LogP contribution is -2.31. The topological polar surface area (TPSA) is 29.5 Å². The van der Waals surface area contributed by atoms with E-state index in [0.717, 1.165) is 29.7 Å². The summed E-state index contributed by atoms with van der Waals surface area (Å²) in [5.74, 6) is 1.07. The average Bonchev–Trinajstić information content (AvgIpc) is 2.26. The minimum Gasteiger partial charge on any atom is -0.507 e. The molecule has 0 fully saturated rings. The number of hydrogen-bond acceptors (Lipinski definition) is 2. The van der Waals surface area contributed by atoms with Crippen molar-refractivity contribution in [2.75, 3.05) is 0 Å². The number of phenols is 1. The fourth-order valence-electron chi connectivity index (χ4n) is 2.32. The molecule has 1 aromatic rings. The molecule has 0 unspecified atom stereocenters. The number of aryl methyl sites for hydroxylation is 1. The van der Waals surface area contributed by atoms with Gasteiger partial charge in [-0.3, -0.25) is 0 Å². The summed E-state index contributed by atoms with van der Waals surface area (Å²) >= 11 is 0. The molecule has 102 valence electrons. The number of fused-ring (bicyclic) bond motifs is 1. The summed E-state index contributed by atoms with van der Waals surface area (Å²) in [5.41, 5.74) is 2.83. The molecule has 1 aromatic carbocycles. The molecular weight excluding hydrogens is 236 g/mol. The van der Waals surface area contributed by atoms with Crippen molar-refractivity contribution in [3.63, 3.8) is 0 Å². The molecule has 0 bridgehead atoms. The quantitative estimate of drug-likeness (QED) is 0.802. The van der Waals surface area contributed by atoms with Crippen LogP contribution in [0.3, 0.4) is 0 Å². The Kier molecular flexibility index (Phi) is 3.70. The van der Waals surface area contributed by atoms with Crippen molar-refractivity contribution < 1.29 is 9.84 Å². The van der Waals surface area contributed by atoms with Crippen LogP contribution >= 0.6 is 0 Å². The number of hydrogen-bond donors (Lipinski definition) is 1. The SMILES string of the molecule is CC(C)=CCC[C@]1(C)C=Cc2c(O)cc(C)cc2O1. The van der Waals surface area contributed by atoms with Crippen LogP contribution in [0, 0.1) is 6.92 Å². The molecule has 1 aliphatic rings. The Bertz CT molecular complexity index is 536. The maximum atomic E-state index is 9.92. The minimum atomic E-state index is -0.292. The van der Waals surface area contributed by atoms with Gasteiger partial charge >= 0.3 is 0 Å². The normalized spacial score (nSPS) is 20.6. The summed E-state index contributed by atoms with van der Waals surface area (Å²) in [6, 6.07) is 3.75.